The molecule has 18 heavy (non-hydrogen) atoms. The Labute approximate surface area is 118 Å². The highest BCUT2D eigenvalue weighted by Crippen LogP contribution is 2.24. The average molecular weight is 283 g/mol. The van der Waals surface area contributed by atoms with Gasteiger partial charge in [-0.3, -0.25) is 0 Å². The van der Waals surface area contributed by atoms with Crippen LogP contribution in [0.25, 0.3) is 0 Å². The Morgan fingerprint density at radius 3 is 2.61 bits per heavy atom. The number of thioether (sulfide) groups is 2. The zero-order valence-corrected chi connectivity index (χ0v) is 12.2. The van der Waals surface area contributed by atoms with Gasteiger partial charge >= 0.3 is 0 Å². The van der Waals surface area contributed by atoms with Crippen molar-refractivity contribution in [3.8, 4) is 0 Å². The molecular formula is C14H21NOS2. The minimum Gasteiger partial charge on any atom is -0.396 e. The highest BCUT2D eigenvalue weighted by Gasteiger charge is 2.12. The summed E-state index contributed by atoms with van der Waals surface area (Å²) >= 11 is 3.87. The summed E-state index contributed by atoms with van der Waals surface area (Å²) in [7, 11) is 0. The first-order chi connectivity index (χ1) is 8.88. The highest BCUT2D eigenvalue weighted by atomic mass is 32.2. The fourth-order valence-electron chi connectivity index (χ4n) is 1.98. The minimum absolute atomic E-state index is 0.284. The summed E-state index contributed by atoms with van der Waals surface area (Å²) < 4.78 is 0. The van der Waals surface area contributed by atoms with E-state index in [4.69, 9.17) is 5.11 Å². The van der Waals surface area contributed by atoms with Crippen LogP contribution in [0.15, 0.2) is 29.2 Å². The van der Waals surface area contributed by atoms with Crippen LogP contribution in [-0.2, 0) is 0 Å². The average Bonchev–Trinajstić information content (AvgIpc) is 2.42. The SMILES string of the molecule is OCCCSc1ccc(NC2CCSCC2)cc1. The van der Waals surface area contributed by atoms with Gasteiger partial charge in [0.15, 0.2) is 0 Å². The Kier molecular flexibility index (Phi) is 6.24. The Morgan fingerprint density at radius 2 is 1.94 bits per heavy atom. The Balaban J connectivity index is 1.79. The van der Waals surface area contributed by atoms with Crippen molar-refractivity contribution < 1.29 is 5.11 Å². The first-order valence-corrected chi connectivity index (χ1v) is 8.70. The topological polar surface area (TPSA) is 32.3 Å². The summed E-state index contributed by atoms with van der Waals surface area (Å²) in [5.74, 6) is 3.56. The molecule has 1 heterocycles. The first-order valence-electron chi connectivity index (χ1n) is 6.56. The van der Waals surface area contributed by atoms with E-state index in [0.29, 0.717) is 6.04 Å². The van der Waals surface area contributed by atoms with E-state index in [1.165, 1.54) is 34.9 Å². The third-order valence-electron chi connectivity index (χ3n) is 3.02. The van der Waals surface area contributed by atoms with E-state index in [0.717, 1.165) is 12.2 Å². The molecule has 1 aliphatic rings. The minimum atomic E-state index is 0.284. The fraction of sp³-hybridized carbons (Fsp3) is 0.571. The van der Waals surface area contributed by atoms with Gasteiger partial charge in [0.25, 0.3) is 0 Å². The summed E-state index contributed by atoms with van der Waals surface area (Å²) in [5.41, 5.74) is 1.23. The van der Waals surface area contributed by atoms with E-state index < -0.39 is 0 Å². The molecule has 0 amide bonds. The van der Waals surface area contributed by atoms with Gasteiger partial charge in [-0.25, -0.2) is 0 Å². The zero-order chi connectivity index (χ0) is 12.6. The van der Waals surface area contributed by atoms with Crippen molar-refractivity contribution in [2.45, 2.75) is 30.2 Å². The van der Waals surface area contributed by atoms with Gasteiger partial charge in [-0.05, 0) is 55.0 Å². The van der Waals surface area contributed by atoms with Gasteiger partial charge in [0.05, 0.1) is 0 Å². The summed E-state index contributed by atoms with van der Waals surface area (Å²) in [5, 5.41) is 12.4. The van der Waals surface area contributed by atoms with Crippen molar-refractivity contribution in [2.75, 3.05) is 29.2 Å². The van der Waals surface area contributed by atoms with Gasteiger partial charge in [-0.1, -0.05) is 0 Å². The Hall–Kier alpha value is -0.320. The largest absolute Gasteiger partial charge is 0.396 e. The number of anilines is 1. The fourth-order valence-corrected chi connectivity index (χ4v) is 3.92. The molecule has 4 heteroatoms. The van der Waals surface area contributed by atoms with Crippen LogP contribution in [0.4, 0.5) is 5.69 Å². The smallest absolute Gasteiger partial charge is 0.0439 e. The number of aliphatic hydroxyl groups excluding tert-OH is 1. The van der Waals surface area contributed by atoms with Crippen molar-refractivity contribution >= 4 is 29.2 Å². The maximum absolute atomic E-state index is 8.75. The molecule has 1 aliphatic heterocycles. The van der Waals surface area contributed by atoms with Crippen LogP contribution in [-0.4, -0.2) is 35.0 Å². The molecule has 0 aliphatic carbocycles. The summed E-state index contributed by atoms with van der Waals surface area (Å²) in [6.45, 7) is 0.284. The lowest BCUT2D eigenvalue weighted by molar-refractivity contribution is 0.296. The predicted molar refractivity (Wildman–Crippen MR) is 82.8 cm³/mol. The lowest BCUT2D eigenvalue weighted by atomic mass is 10.1. The van der Waals surface area contributed by atoms with E-state index in [1.54, 1.807) is 0 Å². The third-order valence-corrected chi connectivity index (χ3v) is 5.16. The number of rotatable bonds is 6. The van der Waals surface area contributed by atoms with Crippen molar-refractivity contribution in [1.29, 1.82) is 0 Å². The van der Waals surface area contributed by atoms with Crippen LogP contribution in [0.1, 0.15) is 19.3 Å². The number of aliphatic hydroxyl groups is 1. The van der Waals surface area contributed by atoms with Gasteiger partial charge in [-0.15, -0.1) is 11.8 Å². The Morgan fingerprint density at radius 1 is 1.22 bits per heavy atom. The molecule has 0 unspecified atom stereocenters. The van der Waals surface area contributed by atoms with E-state index in [1.807, 2.05) is 11.8 Å². The molecule has 1 fully saturated rings. The summed E-state index contributed by atoms with van der Waals surface area (Å²) in [6, 6.07) is 9.33. The van der Waals surface area contributed by atoms with E-state index in [9.17, 15) is 0 Å². The molecule has 0 bridgehead atoms. The lowest BCUT2D eigenvalue weighted by Gasteiger charge is -2.23. The molecular weight excluding hydrogens is 262 g/mol. The lowest BCUT2D eigenvalue weighted by Crippen LogP contribution is -2.24. The third kappa shape index (κ3) is 4.75. The molecule has 2 nitrogen and oxygen atoms in total. The highest BCUT2D eigenvalue weighted by molar-refractivity contribution is 7.99. The molecule has 0 atom stereocenters. The van der Waals surface area contributed by atoms with Gasteiger partial charge < -0.3 is 10.4 Å². The zero-order valence-electron chi connectivity index (χ0n) is 10.6. The van der Waals surface area contributed by atoms with E-state index >= 15 is 0 Å². The quantitative estimate of drug-likeness (QED) is 0.618. The molecule has 0 aromatic heterocycles. The van der Waals surface area contributed by atoms with Gasteiger partial charge in [-0.2, -0.15) is 11.8 Å². The molecule has 1 aromatic carbocycles. The Bertz CT molecular complexity index is 336. The molecule has 2 N–H and O–H groups in total. The molecule has 1 aromatic rings. The molecule has 100 valence electrons. The van der Waals surface area contributed by atoms with Crippen molar-refractivity contribution in [1.82, 2.24) is 0 Å². The predicted octanol–water partition coefficient (Wildman–Crippen LogP) is 3.47. The second kappa shape index (κ2) is 7.97. The summed E-state index contributed by atoms with van der Waals surface area (Å²) in [6.07, 6.45) is 3.42. The van der Waals surface area contributed by atoms with Crippen LogP contribution in [0.2, 0.25) is 0 Å². The standard InChI is InChI=1S/C14H21NOS2/c16-8-1-9-18-14-4-2-12(3-5-14)15-13-6-10-17-11-7-13/h2-5,13,15-16H,1,6-11H2. The van der Waals surface area contributed by atoms with Crippen LogP contribution >= 0.6 is 23.5 Å². The van der Waals surface area contributed by atoms with Crippen LogP contribution in [0.3, 0.4) is 0 Å². The number of hydrogen-bond acceptors (Lipinski definition) is 4. The number of nitrogens with one attached hydrogen (secondary N) is 1. The number of benzene rings is 1. The maximum Gasteiger partial charge on any atom is 0.0439 e. The van der Waals surface area contributed by atoms with E-state index in [2.05, 4.69) is 41.3 Å². The maximum atomic E-state index is 8.75. The molecule has 0 saturated carbocycles. The van der Waals surface area contributed by atoms with Crippen molar-refractivity contribution in [3.63, 3.8) is 0 Å². The normalized spacial score (nSPS) is 16.7. The second-order valence-electron chi connectivity index (χ2n) is 4.48. The molecule has 1 saturated heterocycles. The molecule has 0 spiro atoms. The summed E-state index contributed by atoms with van der Waals surface area (Å²) in [4.78, 5) is 1.29. The van der Waals surface area contributed by atoms with Gasteiger partial charge in [0.2, 0.25) is 0 Å². The van der Waals surface area contributed by atoms with Crippen LogP contribution in [0, 0.1) is 0 Å². The van der Waals surface area contributed by atoms with Crippen LogP contribution < -0.4 is 5.32 Å². The van der Waals surface area contributed by atoms with Crippen LogP contribution in [0.5, 0.6) is 0 Å². The van der Waals surface area contributed by atoms with E-state index in [-0.39, 0.29) is 6.61 Å². The second-order valence-corrected chi connectivity index (χ2v) is 6.87. The van der Waals surface area contributed by atoms with Crippen molar-refractivity contribution in [2.24, 2.45) is 0 Å². The van der Waals surface area contributed by atoms with Crippen molar-refractivity contribution in [3.05, 3.63) is 24.3 Å². The van der Waals surface area contributed by atoms with Gasteiger partial charge in [0, 0.05) is 29.0 Å². The van der Waals surface area contributed by atoms with Gasteiger partial charge in [0.1, 0.15) is 0 Å². The monoisotopic (exact) mass is 283 g/mol. The molecule has 2 rings (SSSR count). The molecule has 0 radical (unpaired) electrons. The number of hydrogen-bond donors (Lipinski definition) is 2. The first kappa shape index (κ1) is 14.1.